The lowest BCUT2D eigenvalue weighted by Gasteiger charge is -2.14. The molecule has 0 unspecified atom stereocenters. The van der Waals surface area contributed by atoms with Crippen LogP contribution in [-0.4, -0.2) is 13.4 Å². The number of pyridine rings is 1. The SMILES string of the molecule is N#Cc1cc(F)cc(S(=O)(=O)c2cnc3cc(F)ccc3c2-c2cccc(F)c2)c1. The smallest absolute Gasteiger partial charge is 0.208 e. The van der Waals surface area contributed by atoms with E-state index in [4.69, 9.17) is 5.26 Å². The maximum Gasteiger partial charge on any atom is 0.208 e. The van der Waals surface area contributed by atoms with Crippen molar-refractivity contribution in [3.05, 3.63) is 89.9 Å². The van der Waals surface area contributed by atoms with E-state index in [9.17, 15) is 21.6 Å². The Labute approximate surface area is 169 Å². The highest BCUT2D eigenvalue weighted by Crippen LogP contribution is 2.37. The number of fused-ring (bicyclic) bond motifs is 1. The average molecular weight is 424 g/mol. The fourth-order valence-corrected chi connectivity index (χ4v) is 4.70. The van der Waals surface area contributed by atoms with Gasteiger partial charge in [-0.15, -0.1) is 0 Å². The molecule has 1 aromatic heterocycles. The molecule has 0 bridgehead atoms. The Bertz CT molecular complexity index is 1460. The summed E-state index contributed by atoms with van der Waals surface area (Å²) in [7, 11) is -4.36. The highest BCUT2D eigenvalue weighted by Gasteiger charge is 2.26. The second-order valence-electron chi connectivity index (χ2n) is 6.46. The molecule has 0 amide bonds. The standard InChI is InChI=1S/C22H11F3N2O2S/c23-15-3-1-2-14(8-15)22-19-5-4-16(24)10-20(19)27-12-21(22)30(28,29)18-7-13(11-26)6-17(25)9-18/h1-10,12H. The van der Waals surface area contributed by atoms with E-state index in [1.54, 1.807) is 6.07 Å². The lowest BCUT2D eigenvalue weighted by molar-refractivity contribution is 0.590. The first-order valence-corrected chi connectivity index (χ1v) is 10.1. The van der Waals surface area contributed by atoms with Gasteiger partial charge in [0.05, 0.1) is 26.9 Å². The summed E-state index contributed by atoms with van der Waals surface area (Å²) >= 11 is 0. The van der Waals surface area contributed by atoms with E-state index in [-0.39, 0.29) is 32.5 Å². The molecular weight excluding hydrogens is 413 g/mol. The van der Waals surface area contributed by atoms with Gasteiger partial charge in [-0.3, -0.25) is 4.98 Å². The molecule has 148 valence electrons. The summed E-state index contributed by atoms with van der Waals surface area (Å²) in [5, 5.41) is 9.33. The molecule has 4 rings (SSSR count). The Kier molecular flexibility index (Phi) is 4.76. The van der Waals surface area contributed by atoms with Crippen molar-refractivity contribution in [1.29, 1.82) is 5.26 Å². The maximum atomic E-state index is 13.9. The van der Waals surface area contributed by atoms with Crippen molar-refractivity contribution in [1.82, 2.24) is 4.98 Å². The van der Waals surface area contributed by atoms with Gasteiger partial charge in [0.15, 0.2) is 0 Å². The van der Waals surface area contributed by atoms with E-state index >= 15 is 0 Å². The summed E-state index contributed by atoms with van der Waals surface area (Å²) in [5.74, 6) is -2.06. The third-order valence-corrected chi connectivity index (χ3v) is 6.25. The summed E-state index contributed by atoms with van der Waals surface area (Å²) < 4.78 is 68.2. The van der Waals surface area contributed by atoms with Gasteiger partial charge in [-0.05, 0) is 48.0 Å². The molecule has 0 spiro atoms. The van der Waals surface area contributed by atoms with Crippen molar-refractivity contribution >= 4 is 20.7 Å². The normalized spacial score (nSPS) is 11.4. The van der Waals surface area contributed by atoms with E-state index in [2.05, 4.69) is 4.98 Å². The molecule has 4 aromatic rings. The molecule has 0 aliphatic rings. The lowest BCUT2D eigenvalue weighted by atomic mass is 10.0. The van der Waals surface area contributed by atoms with Crippen molar-refractivity contribution in [2.45, 2.75) is 9.79 Å². The zero-order chi connectivity index (χ0) is 21.5. The number of benzene rings is 3. The highest BCUT2D eigenvalue weighted by molar-refractivity contribution is 7.91. The van der Waals surface area contributed by atoms with Crippen LogP contribution in [0.1, 0.15) is 5.56 Å². The molecule has 0 N–H and O–H groups in total. The third kappa shape index (κ3) is 3.40. The third-order valence-electron chi connectivity index (χ3n) is 4.51. The van der Waals surface area contributed by atoms with Crippen molar-refractivity contribution < 1.29 is 21.6 Å². The van der Waals surface area contributed by atoms with Crippen LogP contribution in [0.25, 0.3) is 22.0 Å². The molecule has 8 heteroatoms. The van der Waals surface area contributed by atoms with Gasteiger partial charge in [0, 0.05) is 23.2 Å². The summed E-state index contributed by atoms with van der Waals surface area (Å²) in [6.45, 7) is 0. The monoisotopic (exact) mass is 424 g/mol. The highest BCUT2D eigenvalue weighted by atomic mass is 32.2. The number of sulfone groups is 1. The zero-order valence-corrected chi connectivity index (χ0v) is 15.9. The quantitative estimate of drug-likeness (QED) is 0.463. The molecule has 3 aromatic carbocycles. The van der Waals surface area contributed by atoms with Gasteiger partial charge in [-0.2, -0.15) is 5.26 Å². The van der Waals surface area contributed by atoms with Gasteiger partial charge in [0.2, 0.25) is 9.84 Å². The number of aromatic nitrogens is 1. The predicted octanol–water partition coefficient (Wildman–Crippen LogP) is 5.02. The van der Waals surface area contributed by atoms with E-state index in [0.29, 0.717) is 0 Å². The van der Waals surface area contributed by atoms with Crippen LogP contribution >= 0.6 is 0 Å². The lowest BCUT2D eigenvalue weighted by Crippen LogP contribution is -2.07. The zero-order valence-electron chi connectivity index (χ0n) is 15.1. The summed E-state index contributed by atoms with van der Waals surface area (Å²) in [4.78, 5) is 3.27. The van der Waals surface area contributed by atoms with Crippen LogP contribution in [0.2, 0.25) is 0 Å². The number of nitriles is 1. The first kappa shape index (κ1) is 19.6. The minimum atomic E-state index is -4.36. The molecule has 0 fully saturated rings. The number of nitrogens with zero attached hydrogens (tertiary/aromatic N) is 2. The fraction of sp³-hybridized carbons (Fsp3) is 0. The van der Waals surface area contributed by atoms with Crippen LogP contribution in [-0.2, 0) is 9.84 Å². The molecule has 0 saturated carbocycles. The van der Waals surface area contributed by atoms with Gasteiger partial charge < -0.3 is 0 Å². The number of hydrogen-bond acceptors (Lipinski definition) is 4. The molecule has 0 aliphatic carbocycles. The van der Waals surface area contributed by atoms with Crippen LogP contribution in [0.5, 0.6) is 0 Å². The van der Waals surface area contributed by atoms with Gasteiger partial charge in [-0.1, -0.05) is 12.1 Å². The van der Waals surface area contributed by atoms with Gasteiger partial charge in [-0.25, -0.2) is 21.6 Å². The van der Waals surface area contributed by atoms with E-state index in [0.717, 1.165) is 42.6 Å². The van der Waals surface area contributed by atoms with Crippen molar-refractivity contribution in [2.75, 3.05) is 0 Å². The second kappa shape index (κ2) is 7.28. The summed E-state index contributed by atoms with van der Waals surface area (Å²) in [5.41, 5.74) is 0.327. The minimum Gasteiger partial charge on any atom is -0.255 e. The van der Waals surface area contributed by atoms with Crippen LogP contribution in [0.4, 0.5) is 13.2 Å². The van der Waals surface area contributed by atoms with Crippen LogP contribution in [0.3, 0.4) is 0 Å². The van der Waals surface area contributed by atoms with Crippen molar-refractivity contribution in [3.8, 4) is 17.2 Å². The van der Waals surface area contributed by atoms with Gasteiger partial charge >= 0.3 is 0 Å². The van der Waals surface area contributed by atoms with Crippen LogP contribution in [0.15, 0.2) is 76.7 Å². The van der Waals surface area contributed by atoms with Crippen LogP contribution < -0.4 is 0 Å². The Morgan fingerprint density at radius 1 is 0.867 bits per heavy atom. The molecule has 30 heavy (non-hydrogen) atoms. The predicted molar refractivity (Wildman–Crippen MR) is 104 cm³/mol. The molecule has 0 atom stereocenters. The molecule has 1 heterocycles. The van der Waals surface area contributed by atoms with E-state index in [1.807, 2.05) is 0 Å². The van der Waals surface area contributed by atoms with Gasteiger partial charge in [0.25, 0.3) is 0 Å². The van der Waals surface area contributed by atoms with Crippen molar-refractivity contribution in [3.63, 3.8) is 0 Å². The average Bonchev–Trinajstić information content (AvgIpc) is 2.72. The Morgan fingerprint density at radius 3 is 2.37 bits per heavy atom. The molecule has 0 radical (unpaired) electrons. The van der Waals surface area contributed by atoms with E-state index < -0.39 is 32.2 Å². The maximum absolute atomic E-state index is 13.9. The number of rotatable bonds is 3. The minimum absolute atomic E-state index is 0.0993. The van der Waals surface area contributed by atoms with E-state index in [1.165, 1.54) is 24.3 Å². The molecular formula is C22H11F3N2O2S. The first-order valence-electron chi connectivity index (χ1n) is 8.59. The largest absolute Gasteiger partial charge is 0.255 e. The molecule has 0 saturated heterocycles. The number of hydrogen-bond donors (Lipinski definition) is 0. The topological polar surface area (TPSA) is 70.8 Å². The number of halogens is 3. The molecule has 0 aliphatic heterocycles. The summed E-state index contributed by atoms with van der Waals surface area (Å²) in [6.07, 6.45) is 1.02. The van der Waals surface area contributed by atoms with Gasteiger partial charge in [0.1, 0.15) is 17.5 Å². The first-order chi connectivity index (χ1) is 14.3. The van der Waals surface area contributed by atoms with Crippen molar-refractivity contribution in [2.24, 2.45) is 0 Å². The Morgan fingerprint density at radius 2 is 1.63 bits per heavy atom. The molecule has 4 nitrogen and oxygen atoms in total. The summed E-state index contributed by atoms with van der Waals surface area (Å²) in [6, 6.07) is 13.3. The second-order valence-corrected chi connectivity index (χ2v) is 8.38. The Hall–Kier alpha value is -3.70. The Balaban J connectivity index is 2.09. The van der Waals surface area contributed by atoms with Crippen LogP contribution in [0, 0.1) is 28.8 Å². The fourth-order valence-electron chi connectivity index (χ4n) is 3.20.